The van der Waals surface area contributed by atoms with Crippen molar-refractivity contribution in [1.29, 1.82) is 0 Å². The van der Waals surface area contributed by atoms with Crippen LogP contribution in [0.4, 0.5) is 0 Å². The third kappa shape index (κ3) is 2.96. The average molecular weight is 176 g/mol. The van der Waals surface area contributed by atoms with E-state index in [0.29, 0.717) is 0 Å². The van der Waals surface area contributed by atoms with Crippen LogP contribution in [0.15, 0.2) is 18.5 Å². The molecule has 70 valence electrons. The van der Waals surface area contributed by atoms with Gasteiger partial charge < -0.3 is 4.57 Å². The first kappa shape index (κ1) is 9.88. The Kier molecular flexibility index (Phi) is 3.60. The smallest absolute Gasteiger partial charge is 0.0660 e. The van der Waals surface area contributed by atoms with Crippen LogP contribution >= 0.6 is 0 Å². The number of hydrogen-bond donors (Lipinski definition) is 1. The number of terminal acetylenes is 1. The Balaban J connectivity index is 2.42. The van der Waals surface area contributed by atoms with Crippen molar-refractivity contribution >= 4 is 0 Å². The number of hydrogen-bond acceptors (Lipinski definition) is 1. The van der Waals surface area contributed by atoms with Crippen LogP contribution in [0.2, 0.25) is 0 Å². The van der Waals surface area contributed by atoms with Crippen LogP contribution in [0, 0.1) is 12.3 Å². The first-order valence-electron chi connectivity index (χ1n) is 4.60. The van der Waals surface area contributed by atoms with Crippen molar-refractivity contribution in [3.8, 4) is 12.3 Å². The van der Waals surface area contributed by atoms with E-state index >= 15 is 0 Å². The Morgan fingerprint density at radius 1 is 1.69 bits per heavy atom. The molecule has 0 aliphatic rings. The first-order chi connectivity index (χ1) is 6.26. The highest BCUT2D eigenvalue weighted by molar-refractivity contribution is 5.10. The molecule has 0 aliphatic carbocycles. The molecule has 0 amide bonds. The van der Waals surface area contributed by atoms with Gasteiger partial charge in [-0.2, -0.15) is 0 Å². The predicted molar refractivity (Wildman–Crippen MR) is 55.2 cm³/mol. The van der Waals surface area contributed by atoms with E-state index in [0.717, 1.165) is 13.1 Å². The second-order valence-corrected chi connectivity index (χ2v) is 3.12. The summed E-state index contributed by atoms with van der Waals surface area (Å²) in [6, 6.07) is 2.25. The lowest BCUT2D eigenvalue weighted by Gasteiger charge is -2.04. The SMILES string of the molecule is C#CC(C)NCc1ccn(CC)c1. The van der Waals surface area contributed by atoms with Crippen molar-refractivity contribution in [2.24, 2.45) is 0 Å². The highest BCUT2D eigenvalue weighted by Crippen LogP contribution is 2.00. The molecule has 0 saturated carbocycles. The Morgan fingerprint density at radius 2 is 2.46 bits per heavy atom. The maximum Gasteiger partial charge on any atom is 0.0660 e. The lowest BCUT2D eigenvalue weighted by molar-refractivity contribution is 0.646. The third-order valence-electron chi connectivity index (χ3n) is 2.04. The van der Waals surface area contributed by atoms with Gasteiger partial charge in [-0.05, 0) is 25.5 Å². The van der Waals surface area contributed by atoms with Gasteiger partial charge >= 0.3 is 0 Å². The molecular formula is C11H16N2. The quantitative estimate of drug-likeness (QED) is 0.690. The van der Waals surface area contributed by atoms with Crippen molar-refractivity contribution in [3.63, 3.8) is 0 Å². The maximum atomic E-state index is 5.25. The lowest BCUT2D eigenvalue weighted by Crippen LogP contribution is -2.23. The van der Waals surface area contributed by atoms with Gasteiger partial charge in [0.2, 0.25) is 0 Å². The van der Waals surface area contributed by atoms with Gasteiger partial charge in [0.25, 0.3) is 0 Å². The maximum absolute atomic E-state index is 5.25. The summed E-state index contributed by atoms with van der Waals surface area (Å²) in [5.74, 6) is 2.64. The van der Waals surface area contributed by atoms with Crippen LogP contribution in [-0.2, 0) is 13.1 Å². The summed E-state index contributed by atoms with van der Waals surface area (Å²) in [5, 5.41) is 3.24. The average Bonchev–Trinajstić information content (AvgIpc) is 2.61. The van der Waals surface area contributed by atoms with Gasteiger partial charge in [-0.25, -0.2) is 0 Å². The second-order valence-electron chi connectivity index (χ2n) is 3.12. The van der Waals surface area contributed by atoms with Crippen molar-refractivity contribution < 1.29 is 0 Å². The first-order valence-corrected chi connectivity index (χ1v) is 4.60. The number of aromatic nitrogens is 1. The number of rotatable bonds is 4. The molecule has 1 N–H and O–H groups in total. The second kappa shape index (κ2) is 4.74. The van der Waals surface area contributed by atoms with E-state index in [-0.39, 0.29) is 6.04 Å². The largest absolute Gasteiger partial charge is 0.354 e. The molecule has 1 atom stereocenters. The van der Waals surface area contributed by atoms with Crippen molar-refractivity contribution in [3.05, 3.63) is 24.0 Å². The zero-order valence-corrected chi connectivity index (χ0v) is 8.25. The fraction of sp³-hybridized carbons (Fsp3) is 0.455. The van der Waals surface area contributed by atoms with E-state index in [4.69, 9.17) is 6.42 Å². The van der Waals surface area contributed by atoms with E-state index in [9.17, 15) is 0 Å². The molecule has 0 bridgehead atoms. The third-order valence-corrected chi connectivity index (χ3v) is 2.04. The molecule has 0 spiro atoms. The van der Waals surface area contributed by atoms with Crippen molar-refractivity contribution in [1.82, 2.24) is 9.88 Å². The van der Waals surface area contributed by atoms with Crippen molar-refractivity contribution in [2.75, 3.05) is 0 Å². The Bertz CT molecular complexity index is 293. The minimum Gasteiger partial charge on any atom is -0.354 e. The molecule has 0 aliphatic heterocycles. The summed E-state index contributed by atoms with van der Waals surface area (Å²) < 4.78 is 2.15. The van der Waals surface area contributed by atoms with Gasteiger partial charge in [-0.1, -0.05) is 5.92 Å². The van der Waals surface area contributed by atoms with Gasteiger partial charge in [0.15, 0.2) is 0 Å². The van der Waals surface area contributed by atoms with Crippen LogP contribution in [0.5, 0.6) is 0 Å². The molecule has 13 heavy (non-hydrogen) atoms. The topological polar surface area (TPSA) is 17.0 Å². The van der Waals surface area contributed by atoms with E-state index < -0.39 is 0 Å². The molecule has 0 aromatic carbocycles. The van der Waals surface area contributed by atoms with Crippen LogP contribution in [0.25, 0.3) is 0 Å². The summed E-state index contributed by atoms with van der Waals surface area (Å²) in [5.41, 5.74) is 1.28. The molecule has 1 aromatic rings. The zero-order valence-electron chi connectivity index (χ0n) is 8.25. The Morgan fingerprint density at radius 3 is 3.00 bits per heavy atom. The summed E-state index contributed by atoms with van der Waals surface area (Å²) in [4.78, 5) is 0. The molecule has 1 aromatic heterocycles. The molecule has 2 heteroatoms. The van der Waals surface area contributed by atoms with Crippen LogP contribution in [-0.4, -0.2) is 10.6 Å². The van der Waals surface area contributed by atoms with Gasteiger partial charge in [-0.3, -0.25) is 5.32 Å². The predicted octanol–water partition coefficient (Wildman–Crippen LogP) is 1.62. The number of aryl methyl sites for hydroxylation is 1. The Hall–Kier alpha value is -1.20. The lowest BCUT2D eigenvalue weighted by atomic mass is 10.3. The minimum atomic E-state index is 0.143. The van der Waals surface area contributed by atoms with E-state index in [1.165, 1.54) is 5.56 Å². The monoisotopic (exact) mass is 176 g/mol. The molecule has 1 unspecified atom stereocenters. The van der Waals surface area contributed by atoms with Crippen LogP contribution in [0.1, 0.15) is 19.4 Å². The van der Waals surface area contributed by atoms with E-state index in [1.54, 1.807) is 0 Å². The number of nitrogens with zero attached hydrogens (tertiary/aromatic N) is 1. The normalized spacial score (nSPS) is 12.4. The summed E-state index contributed by atoms with van der Waals surface area (Å²) >= 11 is 0. The fourth-order valence-electron chi connectivity index (χ4n) is 1.12. The molecule has 0 radical (unpaired) electrons. The Labute approximate surface area is 80.0 Å². The van der Waals surface area contributed by atoms with Gasteiger partial charge in [0.1, 0.15) is 0 Å². The van der Waals surface area contributed by atoms with E-state index in [1.807, 2.05) is 6.92 Å². The highest BCUT2D eigenvalue weighted by atomic mass is 14.9. The van der Waals surface area contributed by atoms with Gasteiger partial charge in [0, 0.05) is 25.5 Å². The molecular weight excluding hydrogens is 160 g/mol. The minimum absolute atomic E-state index is 0.143. The molecule has 1 heterocycles. The molecule has 0 saturated heterocycles. The standard InChI is InChI=1S/C11H16N2/c1-4-10(3)12-8-11-6-7-13(5-2)9-11/h1,6-7,9-10,12H,5,8H2,2-3H3. The van der Waals surface area contributed by atoms with Crippen molar-refractivity contribution in [2.45, 2.75) is 33.0 Å². The zero-order chi connectivity index (χ0) is 9.68. The highest BCUT2D eigenvalue weighted by Gasteiger charge is 1.97. The van der Waals surface area contributed by atoms with Gasteiger partial charge in [-0.15, -0.1) is 6.42 Å². The molecule has 0 fully saturated rings. The van der Waals surface area contributed by atoms with Gasteiger partial charge in [0.05, 0.1) is 6.04 Å². The number of nitrogens with one attached hydrogen (secondary N) is 1. The summed E-state index contributed by atoms with van der Waals surface area (Å²) in [6.07, 6.45) is 9.47. The fourth-order valence-corrected chi connectivity index (χ4v) is 1.12. The summed E-state index contributed by atoms with van der Waals surface area (Å²) in [7, 11) is 0. The van der Waals surface area contributed by atoms with Crippen LogP contribution < -0.4 is 5.32 Å². The molecule has 1 rings (SSSR count). The van der Waals surface area contributed by atoms with E-state index in [2.05, 4.69) is 41.2 Å². The summed E-state index contributed by atoms with van der Waals surface area (Å²) in [6.45, 7) is 5.97. The molecule has 2 nitrogen and oxygen atoms in total. The van der Waals surface area contributed by atoms with Crippen LogP contribution in [0.3, 0.4) is 0 Å².